The van der Waals surface area contributed by atoms with Crippen LogP contribution in [0.2, 0.25) is 0 Å². The molecule has 0 bridgehead atoms. The quantitative estimate of drug-likeness (QED) is 0.194. The van der Waals surface area contributed by atoms with Gasteiger partial charge >= 0.3 is 0 Å². The number of benzene rings is 7. The number of fused-ring (bicyclic) bond motifs is 10. The molecule has 2 nitrogen and oxygen atoms in total. The highest BCUT2D eigenvalue weighted by Gasteiger charge is 2.21. The summed E-state index contributed by atoms with van der Waals surface area (Å²) in [5, 5.41) is 7.73. The number of thiophene rings is 1. The van der Waals surface area contributed by atoms with Gasteiger partial charge in [-0.1, -0.05) is 109 Å². The number of nitrogens with zero attached hydrogens (tertiary/aromatic N) is 2. The smallest absolute Gasteiger partial charge is 0.0641 e. The molecule has 210 valence electrons. The zero-order chi connectivity index (χ0) is 29.5. The van der Waals surface area contributed by atoms with Crippen LogP contribution in [-0.4, -0.2) is 9.13 Å². The molecule has 10 rings (SSSR count). The van der Waals surface area contributed by atoms with Crippen LogP contribution < -0.4 is 0 Å². The van der Waals surface area contributed by atoms with Gasteiger partial charge in [0.15, 0.2) is 0 Å². The van der Waals surface area contributed by atoms with Gasteiger partial charge in [-0.25, -0.2) is 0 Å². The predicted molar refractivity (Wildman–Crippen MR) is 193 cm³/mol. The van der Waals surface area contributed by atoms with Crippen molar-refractivity contribution < 1.29 is 0 Å². The minimum atomic E-state index is 1.17. The van der Waals surface area contributed by atoms with Crippen LogP contribution in [0.4, 0.5) is 0 Å². The van der Waals surface area contributed by atoms with Crippen LogP contribution in [0.1, 0.15) is 0 Å². The standard InChI is InChI=1S/C42H26N2S/c1-2-11-27(12-3-1)28-13-10-14-29(25-28)44-36-18-7-4-15-31(36)34-23-24-38-41(42(34)44)35-17-5-8-19-37(35)43(38)30-21-22-33-32-16-6-9-20-39(32)45-40(33)26-30/h1-26H. The highest BCUT2D eigenvalue weighted by Crippen LogP contribution is 2.43. The Labute approximate surface area is 263 Å². The Hall–Kier alpha value is -5.64. The molecule has 7 aromatic carbocycles. The van der Waals surface area contributed by atoms with Crippen LogP contribution >= 0.6 is 11.3 Å². The van der Waals surface area contributed by atoms with Crippen molar-refractivity contribution >= 4 is 75.1 Å². The molecule has 0 unspecified atom stereocenters. The molecule has 0 atom stereocenters. The van der Waals surface area contributed by atoms with Crippen molar-refractivity contribution in [2.24, 2.45) is 0 Å². The Bertz CT molecular complexity index is 2760. The summed E-state index contributed by atoms with van der Waals surface area (Å²) < 4.78 is 7.57. The molecule has 0 saturated heterocycles. The van der Waals surface area contributed by atoms with E-state index in [1.165, 1.54) is 86.3 Å². The topological polar surface area (TPSA) is 9.86 Å². The van der Waals surface area contributed by atoms with E-state index in [0.29, 0.717) is 0 Å². The van der Waals surface area contributed by atoms with Crippen LogP contribution in [0.25, 0.3) is 86.3 Å². The fourth-order valence-corrected chi connectivity index (χ4v) is 8.50. The van der Waals surface area contributed by atoms with Gasteiger partial charge in [-0.05, 0) is 59.7 Å². The van der Waals surface area contributed by atoms with Crippen LogP contribution in [-0.2, 0) is 0 Å². The van der Waals surface area contributed by atoms with E-state index in [2.05, 4.69) is 167 Å². The van der Waals surface area contributed by atoms with E-state index in [1.807, 2.05) is 11.3 Å². The van der Waals surface area contributed by atoms with Crippen molar-refractivity contribution in [3.05, 3.63) is 158 Å². The van der Waals surface area contributed by atoms with Gasteiger partial charge in [-0.3, -0.25) is 0 Å². The summed E-state index contributed by atoms with van der Waals surface area (Å²) in [6.45, 7) is 0. The first-order chi connectivity index (χ1) is 22.3. The summed E-state index contributed by atoms with van der Waals surface area (Å²) in [7, 11) is 0. The fraction of sp³-hybridized carbons (Fsp3) is 0. The van der Waals surface area contributed by atoms with Crippen molar-refractivity contribution in [1.82, 2.24) is 9.13 Å². The Kier molecular flexibility index (Phi) is 5.19. The summed E-state index contributed by atoms with van der Waals surface area (Å²) in [6, 6.07) is 57.6. The molecule has 3 aromatic heterocycles. The van der Waals surface area contributed by atoms with Gasteiger partial charge in [0.25, 0.3) is 0 Å². The summed E-state index contributed by atoms with van der Waals surface area (Å²) >= 11 is 1.87. The SMILES string of the molecule is c1ccc(-c2cccc(-n3c4ccccc4c4ccc5c(c6ccccc6n5-c5ccc6c(c5)sc5ccccc56)c43)c2)cc1. The average Bonchev–Trinajstić information content (AvgIpc) is 3.76. The lowest BCUT2D eigenvalue weighted by atomic mass is 10.0. The van der Waals surface area contributed by atoms with Gasteiger partial charge < -0.3 is 9.13 Å². The van der Waals surface area contributed by atoms with Crippen molar-refractivity contribution in [2.45, 2.75) is 0 Å². The third-order valence-electron chi connectivity index (χ3n) is 9.30. The number of para-hydroxylation sites is 2. The average molecular weight is 591 g/mol. The maximum Gasteiger partial charge on any atom is 0.0641 e. The second-order valence-corrected chi connectivity index (χ2v) is 12.8. The lowest BCUT2D eigenvalue weighted by Crippen LogP contribution is -1.96. The number of aromatic nitrogens is 2. The molecule has 3 heteroatoms. The number of rotatable bonds is 3. The highest BCUT2D eigenvalue weighted by atomic mass is 32.1. The molecule has 0 aliphatic carbocycles. The summed E-state index contributed by atoms with van der Waals surface area (Å²) in [4.78, 5) is 0. The Balaban J connectivity index is 1.32. The molecule has 0 saturated carbocycles. The molecule has 3 heterocycles. The minimum Gasteiger partial charge on any atom is -0.309 e. The van der Waals surface area contributed by atoms with Crippen molar-refractivity contribution in [3.63, 3.8) is 0 Å². The van der Waals surface area contributed by atoms with Gasteiger partial charge in [-0.2, -0.15) is 0 Å². The highest BCUT2D eigenvalue weighted by molar-refractivity contribution is 7.25. The molecule has 0 N–H and O–H groups in total. The second-order valence-electron chi connectivity index (χ2n) is 11.8. The molecule has 0 fully saturated rings. The molecule has 45 heavy (non-hydrogen) atoms. The van der Waals surface area contributed by atoms with E-state index in [4.69, 9.17) is 0 Å². The van der Waals surface area contributed by atoms with Crippen LogP contribution in [0.5, 0.6) is 0 Å². The molecular weight excluding hydrogens is 565 g/mol. The van der Waals surface area contributed by atoms with Crippen molar-refractivity contribution in [2.75, 3.05) is 0 Å². The lowest BCUT2D eigenvalue weighted by molar-refractivity contribution is 1.18. The monoisotopic (exact) mass is 590 g/mol. The van der Waals surface area contributed by atoms with Crippen LogP contribution in [0.3, 0.4) is 0 Å². The molecule has 10 aromatic rings. The molecule has 0 aliphatic heterocycles. The molecule has 0 aliphatic rings. The molecule has 0 spiro atoms. The molecule has 0 radical (unpaired) electrons. The van der Waals surface area contributed by atoms with E-state index in [0.717, 1.165) is 0 Å². The number of hydrogen-bond acceptors (Lipinski definition) is 1. The van der Waals surface area contributed by atoms with E-state index in [-0.39, 0.29) is 0 Å². The Morgan fingerprint density at radius 1 is 0.356 bits per heavy atom. The van der Waals surface area contributed by atoms with Gasteiger partial charge in [0.2, 0.25) is 0 Å². The second kappa shape index (κ2) is 9.43. The zero-order valence-corrected chi connectivity index (χ0v) is 25.1. The van der Waals surface area contributed by atoms with Gasteiger partial charge in [0.05, 0.1) is 22.1 Å². The predicted octanol–water partition coefficient (Wildman–Crippen LogP) is 11.9. The zero-order valence-electron chi connectivity index (χ0n) is 24.3. The van der Waals surface area contributed by atoms with E-state index >= 15 is 0 Å². The van der Waals surface area contributed by atoms with Crippen molar-refractivity contribution in [3.8, 4) is 22.5 Å². The van der Waals surface area contributed by atoms with E-state index in [9.17, 15) is 0 Å². The first-order valence-corrected chi connectivity index (χ1v) is 16.2. The van der Waals surface area contributed by atoms with Crippen LogP contribution in [0, 0.1) is 0 Å². The summed E-state index contributed by atoms with van der Waals surface area (Å²) in [5.74, 6) is 0. The fourth-order valence-electron chi connectivity index (χ4n) is 7.36. The van der Waals surface area contributed by atoms with Gasteiger partial charge in [0.1, 0.15) is 0 Å². The minimum absolute atomic E-state index is 1.17. The maximum atomic E-state index is 2.48. The largest absolute Gasteiger partial charge is 0.309 e. The summed E-state index contributed by atoms with van der Waals surface area (Å²) in [5.41, 5.74) is 9.68. The molecular formula is C42H26N2S. The third kappa shape index (κ3) is 3.56. The van der Waals surface area contributed by atoms with Gasteiger partial charge in [-0.15, -0.1) is 11.3 Å². The van der Waals surface area contributed by atoms with Gasteiger partial charge in [0, 0.05) is 53.1 Å². The molecule has 0 amide bonds. The Morgan fingerprint density at radius 2 is 1.00 bits per heavy atom. The number of hydrogen-bond donors (Lipinski definition) is 0. The third-order valence-corrected chi connectivity index (χ3v) is 10.4. The Morgan fingerprint density at radius 3 is 1.87 bits per heavy atom. The van der Waals surface area contributed by atoms with Crippen molar-refractivity contribution in [1.29, 1.82) is 0 Å². The van der Waals surface area contributed by atoms with E-state index < -0.39 is 0 Å². The summed E-state index contributed by atoms with van der Waals surface area (Å²) in [6.07, 6.45) is 0. The lowest BCUT2D eigenvalue weighted by Gasteiger charge is -2.12. The van der Waals surface area contributed by atoms with E-state index in [1.54, 1.807) is 0 Å². The normalized spacial score (nSPS) is 12.0. The van der Waals surface area contributed by atoms with Crippen LogP contribution in [0.15, 0.2) is 158 Å². The first-order valence-electron chi connectivity index (χ1n) is 15.4. The first kappa shape index (κ1) is 24.8. The maximum absolute atomic E-state index is 2.48.